The van der Waals surface area contributed by atoms with Crippen molar-refractivity contribution in [3.05, 3.63) is 78.1 Å². The van der Waals surface area contributed by atoms with Crippen LogP contribution < -0.4 is 5.32 Å². The second-order valence-corrected chi connectivity index (χ2v) is 6.92. The van der Waals surface area contributed by atoms with Crippen molar-refractivity contribution in [2.75, 3.05) is 6.54 Å². The van der Waals surface area contributed by atoms with Gasteiger partial charge >= 0.3 is 0 Å². The predicted molar refractivity (Wildman–Crippen MR) is 107 cm³/mol. The van der Waals surface area contributed by atoms with Gasteiger partial charge in [0.2, 0.25) is 0 Å². The van der Waals surface area contributed by atoms with Crippen molar-refractivity contribution >= 4 is 17.3 Å². The maximum absolute atomic E-state index is 13.2. The van der Waals surface area contributed by atoms with Gasteiger partial charge in [0, 0.05) is 18.3 Å². The summed E-state index contributed by atoms with van der Waals surface area (Å²) in [6.07, 6.45) is 2.75. The van der Waals surface area contributed by atoms with E-state index in [1.165, 1.54) is 12.1 Å². The number of thiocarbonyl (C=S) groups is 1. The molecule has 0 unspecified atom stereocenters. The first-order valence-corrected chi connectivity index (χ1v) is 9.42. The van der Waals surface area contributed by atoms with Crippen molar-refractivity contribution in [3.8, 4) is 11.3 Å². The molecule has 0 amide bonds. The zero-order chi connectivity index (χ0) is 18.8. The van der Waals surface area contributed by atoms with Crippen molar-refractivity contribution in [1.29, 1.82) is 0 Å². The summed E-state index contributed by atoms with van der Waals surface area (Å²) in [7, 11) is 0. The maximum Gasteiger partial charge on any atom is 0.170 e. The van der Waals surface area contributed by atoms with Gasteiger partial charge < -0.3 is 14.6 Å². The number of aromatic nitrogens is 1. The largest absolute Gasteiger partial charge is 0.459 e. The van der Waals surface area contributed by atoms with Gasteiger partial charge in [-0.05, 0) is 67.2 Å². The van der Waals surface area contributed by atoms with Gasteiger partial charge in [0.25, 0.3) is 0 Å². The van der Waals surface area contributed by atoms with Crippen molar-refractivity contribution < 1.29 is 8.81 Å². The number of halogens is 1. The molecule has 27 heavy (non-hydrogen) atoms. The number of rotatable bonds is 5. The smallest absolute Gasteiger partial charge is 0.170 e. The highest BCUT2D eigenvalue weighted by Gasteiger charge is 2.41. The van der Waals surface area contributed by atoms with E-state index >= 15 is 0 Å². The van der Waals surface area contributed by atoms with E-state index in [9.17, 15) is 4.39 Å². The Kier molecular flexibility index (Phi) is 4.90. The van der Waals surface area contributed by atoms with Gasteiger partial charge in [-0.25, -0.2) is 4.39 Å². The van der Waals surface area contributed by atoms with Gasteiger partial charge in [0.1, 0.15) is 23.4 Å². The lowest BCUT2D eigenvalue weighted by Crippen LogP contribution is -2.30. The summed E-state index contributed by atoms with van der Waals surface area (Å²) in [5, 5.41) is 4.10. The summed E-state index contributed by atoms with van der Waals surface area (Å²) in [5.41, 5.74) is 1.76. The second kappa shape index (κ2) is 7.48. The molecule has 2 aromatic heterocycles. The molecule has 1 fully saturated rings. The molecule has 3 heterocycles. The first kappa shape index (κ1) is 17.7. The fraction of sp³-hybridized carbons (Fsp3) is 0.238. The third kappa shape index (κ3) is 3.45. The fourth-order valence-corrected chi connectivity index (χ4v) is 3.81. The number of hydrogen-bond donors (Lipinski definition) is 1. The molecule has 1 aliphatic rings. The highest BCUT2D eigenvalue weighted by Crippen LogP contribution is 2.40. The maximum atomic E-state index is 13.2. The quantitative estimate of drug-likeness (QED) is 0.639. The summed E-state index contributed by atoms with van der Waals surface area (Å²) in [4.78, 5) is 6.66. The van der Waals surface area contributed by atoms with Crippen molar-refractivity contribution in [3.63, 3.8) is 0 Å². The molecule has 0 saturated carbocycles. The number of benzene rings is 1. The van der Waals surface area contributed by atoms with Crippen LogP contribution in [-0.2, 0) is 0 Å². The molecule has 1 saturated heterocycles. The standard InChI is InChI=1S/C21H20FN3OS/c1-2-13-25-20(19(24-21(25)27)16-5-3-4-12-23-16)18-11-10-17(26-18)14-6-8-15(22)9-7-14/h3-12,19-20H,2,13H2,1H3,(H,24,27)/t19-,20+/m0/s1. The van der Waals surface area contributed by atoms with E-state index in [4.69, 9.17) is 16.6 Å². The Morgan fingerprint density at radius 1 is 1.15 bits per heavy atom. The minimum absolute atomic E-state index is 0.0819. The highest BCUT2D eigenvalue weighted by molar-refractivity contribution is 7.80. The van der Waals surface area contributed by atoms with Gasteiger partial charge in [0.15, 0.2) is 5.11 Å². The molecule has 2 atom stereocenters. The molecular weight excluding hydrogens is 361 g/mol. The third-order valence-electron chi connectivity index (χ3n) is 4.71. The lowest BCUT2D eigenvalue weighted by atomic mass is 10.0. The van der Waals surface area contributed by atoms with E-state index in [0.29, 0.717) is 10.9 Å². The number of furan rings is 1. The SMILES string of the molecule is CCCN1C(=S)N[C@@H](c2ccccn2)[C@H]1c1ccc(-c2ccc(F)cc2)o1. The summed E-state index contributed by atoms with van der Waals surface area (Å²) < 4.78 is 19.4. The summed E-state index contributed by atoms with van der Waals surface area (Å²) in [6.45, 7) is 2.95. The zero-order valence-corrected chi connectivity index (χ0v) is 15.7. The molecule has 1 aromatic carbocycles. The molecule has 6 heteroatoms. The number of nitrogens with one attached hydrogen (secondary N) is 1. The van der Waals surface area contributed by atoms with E-state index in [-0.39, 0.29) is 17.9 Å². The van der Waals surface area contributed by atoms with Crippen LogP contribution in [0.4, 0.5) is 4.39 Å². The number of pyridine rings is 1. The molecule has 0 bridgehead atoms. The Balaban J connectivity index is 1.71. The van der Waals surface area contributed by atoms with Crippen molar-refractivity contribution in [1.82, 2.24) is 15.2 Å². The Bertz CT molecular complexity index is 926. The van der Waals surface area contributed by atoms with E-state index in [1.54, 1.807) is 18.3 Å². The molecule has 4 nitrogen and oxygen atoms in total. The van der Waals surface area contributed by atoms with Gasteiger partial charge in [-0.1, -0.05) is 13.0 Å². The van der Waals surface area contributed by atoms with Crippen LogP contribution in [0, 0.1) is 5.82 Å². The molecule has 0 aliphatic carbocycles. The zero-order valence-electron chi connectivity index (χ0n) is 14.9. The monoisotopic (exact) mass is 381 g/mol. The summed E-state index contributed by atoms with van der Waals surface area (Å²) in [5.74, 6) is 1.25. The normalized spacial score (nSPS) is 19.3. The van der Waals surface area contributed by atoms with Crippen LogP contribution in [0.15, 0.2) is 65.2 Å². The van der Waals surface area contributed by atoms with Gasteiger partial charge in [0.05, 0.1) is 11.7 Å². The van der Waals surface area contributed by atoms with E-state index in [1.807, 2.05) is 30.3 Å². The van der Waals surface area contributed by atoms with Crippen molar-refractivity contribution in [2.45, 2.75) is 25.4 Å². The van der Waals surface area contributed by atoms with Crippen LogP contribution in [0.5, 0.6) is 0 Å². The van der Waals surface area contributed by atoms with E-state index in [0.717, 1.165) is 30.0 Å². The summed E-state index contributed by atoms with van der Waals surface area (Å²) >= 11 is 5.58. The number of nitrogens with zero attached hydrogens (tertiary/aromatic N) is 2. The van der Waals surface area contributed by atoms with Gasteiger partial charge in [-0.3, -0.25) is 4.98 Å². The first-order valence-electron chi connectivity index (χ1n) is 9.01. The van der Waals surface area contributed by atoms with E-state index < -0.39 is 0 Å². The average Bonchev–Trinajstić information content (AvgIpc) is 3.29. The van der Waals surface area contributed by atoms with Crippen LogP contribution in [0.2, 0.25) is 0 Å². The summed E-state index contributed by atoms with van der Waals surface area (Å²) in [6, 6.07) is 15.9. The molecule has 1 aliphatic heterocycles. The van der Waals surface area contributed by atoms with Crippen LogP contribution in [-0.4, -0.2) is 21.5 Å². The molecule has 3 aromatic rings. The van der Waals surface area contributed by atoms with Crippen LogP contribution in [0.3, 0.4) is 0 Å². The Labute approximate surface area is 163 Å². The Morgan fingerprint density at radius 2 is 1.96 bits per heavy atom. The second-order valence-electron chi connectivity index (χ2n) is 6.53. The molecule has 4 rings (SSSR count). The minimum atomic E-state index is -0.264. The fourth-order valence-electron chi connectivity index (χ4n) is 3.48. The van der Waals surface area contributed by atoms with Crippen LogP contribution in [0.25, 0.3) is 11.3 Å². The highest BCUT2D eigenvalue weighted by atomic mass is 32.1. The molecule has 0 spiro atoms. The molecular formula is C21H20FN3OS. The van der Waals surface area contributed by atoms with Crippen LogP contribution in [0.1, 0.15) is 36.9 Å². The minimum Gasteiger partial charge on any atom is -0.459 e. The van der Waals surface area contributed by atoms with Crippen molar-refractivity contribution in [2.24, 2.45) is 0 Å². The molecule has 0 radical (unpaired) electrons. The average molecular weight is 381 g/mol. The Morgan fingerprint density at radius 3 is 2.67 bits per heavy atom. The van der Waals surface area contributed by atoms with E-state index in [2.05, 4.69) is 22.1 Å². The topological polar surface area (TPSA) is 41.3 Å². The predicted octanol–water partition coefficient (Wildman–Crippen LogP) is 4.86. The van der Waals surface area contributed by atoms with Crippen LogP contribution >= 0.6 is 12.2 Å². The lowest BCUT2D eigenvalue weighted by molar-refractivity contribution is 0.275. The van der Waals surface area contributed by atoms with Gasteiger partial charge in [-0.15, -0.1) is 0 Å². The Hall–Kier alpha value is -2.73. The van der Waals surface area contributed by atoms with Gasteiger partial charge in [-0.2, -0.15) is 0 Å². The molecule has 138 valence electrons. The first-order chi connectivity index (χ1) is 13.2. The number of hydrogen-bond acceptors (Lipinski definition) is 3. The lowest BCUT2D eigenvalue weighted by Gasteiger charge is -2.25. The molecule has 1 N–H and O–H groups in total. The third-order valence-corrected chi connectivity index (χ3v) is 5.06.